The van der Waals surface area contributed by atoms with Gasteiger partial charge in [0.2, 0.25) is 65.0 Å². The van der Waals surface area contributed by atoms with E-state index in [9.17, 15) is 77.0 Å². The summed E-state index contributed by atoms with van der Waals surface area (Å²) in [7, 11) is -5.23. The number of aliphatic carboxylic acids is 1. The van der Waals surface area contributed by atoms with Crippen LogP contribution in [0.3, 0.4) is 0 Å². The van der Waals surface area contributed by atoms with E-state index < -0.39 is 165 Å². The van der Waals surface area contributed by atoms with Crippen molar-refractivity contribution in [2.24, 2.45) is 17.2 Å². The minimum atomic E-state index is -5.23. The highest BCUT2D eigenvalue weighted by molar-refractivity contribution is 7.46. The predicted octanol–water partition coefficient (Wildman–Crippen LogP) is -4.66. The first kappa shape index (κ1) is 63.5. The summed E-state index contributed by atoms with van der Waals surface area (Å²) >= 11 is 0. The molecule has 0 saturated carbocycles. The molecule has 11 amide bonds. The number of phosphoric ester groups is 1. The fourth-order valence-corrected chi connectivity index (χ4v) is 11.1. The Morgan fingerprint density at radius 1 is 0.544 bits per heavy atom. The van der Waals surface area contributed by atoms with E-state index >= 15 is 0 Å². The van der Waals surface area contributed by atoms with E-state index in [-0.39, 0.29) is 64.8 Å². The first-order valence-electron chi connectivity index (χ1n) is 27.0. The van der Waals surface area contributed by atoms with Crippen molar-refractivity contribution in [3.8, 4) is 0 Å². The van der Waals surface area contributed by atoms with Gasteiger partial charge in [0.25, 0.3) is 0 Å². The molecule has 11 atom stereocenters. The summed E-state index contributed by atoms with van der Waals surface area (Å²) in [6.07, 6.45) is 3.70. The van der Waals surface area contributed by atoms with Gasteiger partial charge in [-0.1, -0.05) is 6.42 Å². The summed E-state index contributed by atoms with van der Waals surface area (Å²) in [5.41, 5.74) is 16.8. The van der Waals surface area contributed by atoms with Crippen LogP contribution in [0.15, 0.2) is 0 Å². The Balaban J connectivity index is 1.18. The molecule has 0 aromatic rings. The van der Waals surface area contributed by atoms with Crippen molar-refractivity contribution < 1.29 is 81.5 Å². The average molecular weight is 1140 g/mol. The fraction of sp³-hybridized carbons (Fsp3) is 0.750. The first-order chi connectivity index (χ1) is 37.3. The van der Waals surface area contributed by atoms with Crippen molar-refractivity contribution >= 4 is 78.8 Å². The van der Waals surface area contributed by atoms with Crippen LogP contribution in [-0.4, -0.2) is 223 Å². The number of hydrogen-bond donors (Lipinski definition) is 11. The van der Waals surface area contributed by atoms with Gasteiger partial charge in [-0.15, -0.1) is 0 Å². The Bertz CT molecular complexity index is 2360. The van der Waals surface area contributed by atoms with E-state index in [4.69, 9.17) is 17.2 Å². The van der Waals surface area contributed by atoms with Gasteiger partial charge in [-0.05, 0) is 111 Å². The number of nitrogens with two attached hydrogens (primary N) is 3. The third-order valence-electron chi connectivity index (χ3n) is 15.0. The standard InChI is InChI=1S/C48H78N13O17P/c1-26(52-39(64)29(50)11-4-5-19-49)38(63)53-27(2)43(68)59-22-8-14-34(59)46(71)57-20-6-12-32(57)41(66)54-28(3)44(69)60-23-9-15-35(60)47(72)58-21-7-13-33(58)42(67)55-30(17-18-37(51)62)40(65)56-31(25-78-79(75,76)77)45(70)61-24-10-16-36(61)48(73)74/h26-36H,4-25,49-50H2,1-3H3,(H2,51,62)(H,52,64)(H,53,63)(H,54,66)(H,55,67)(H,56,65)(H,73,74)(H2,75,76,77)/t26-,27-,28-,29-,30-,31-,32-,33-,34-,35-,36-/m0/s1. The number of carbonyl (C=O) groups excluding carboxylic acids is 11. The molecule has 5 heterocycles. The van der Waals surface area contributed by atoms with Gasteiger partial charge < -0.3 is 83.2 Å². The molecule has 30 nitrogen and oxygen atoms in total. The molecule has 14 N–H and O–H groups in total. The molecule has 5 aliphatic rings. The molecule has 5 aliphatic heterocycles. The van der Waals surface area contributed by atoms with Gasteiger partial charge in [-0.2, -0.15) is 0 Å². The maximum Gasteiger partial charge on any atom is 0.469 e. The normalized spacial score (nSPS) is 23.5. The lowest BCUT2D eigenvalue weighted by molar-refractivity contribution is -0.150. The minimum Gasteiger partial charge on any atom is -0.480 e. The molecule has 0 unspecified atom stereocenters. The Morgan fingerprint density at radius 3 is 1.47 bits per heavy atom. The number of rotatable bonds is 26. The Kier molecular flexibility index (Phi) is 23.1. The molecule has 31 heteroatoms. The highest BCUT2D eigenvalue weighted by atomic mass is 31.2. The highest BCUT2D eigenvalue weighted by Gasteiger charge is 2.47. The number of nitrogens with one attached hydrogen (secondary N) is 5. The summed E-state index contributed by atoms with van der Waals surface area (Å²) < 4.78 is 16.1. The van der Waals surface area contributed by atoms with Gasteiger partial charge in [-0.3, -0.25) is 57.3 Å². The van der Waals surface area contributed by atoms with E-state index in [2.05, 4.69) is 31.1 Å². The quantitative estimate of drug-likeness (QED) is 0.0287. The van der Waals surface area contributed by atoms with Crippen molar-refractivity contribution in [3.05, 3.63) is 0 Å². The first-order valence-corrected chi connectivity index (χ1v) is 28.5. The molecule has 5 saturated heterocycles. The molecule has 5 rings (SSSR count). The number of phosphoric acid groups is 1. The topological polar surface area (TPSA) is 446 Å². The predicted molar refractivity (Wildman–Crippen MR) is 275 cm³/mol. The van der Waals surface area contributed by atoms with E-state index in [1.54, 1.807) is 0 Å². The number of carboxylic acids is 1. The molecular formula is C48H78N13O17P. The van der Waals surface area contributed by atoms with Gasteiger partial charge in [0.1, 0.15) is 60.4 Å². The number of hydrogen-bond acceptors (Lipinski definition) is 16. The molecule has 0 spiro atoms. The molecule has 0 aliphatic carbocycles. The second-order valence-electron chi connectivity index (χ2n) is 20.8. The maximum absolute atomic E-state index is 14.3. The molecule has 442 valence electrons. The number of carbonyl (C=O) groups is 12. The van der Waals surface area contributed by atoms with E-state index in [0.29, 0.717) is 57.9 Å². The summed E-state index contributed by atoms with van der Waals surface area (Å²) in [5, 5.41) is 22.3. The summed E-state index contributed by atoms with van der Waals surface area (Å²) in [5.74, 6) is -9.22. The van der Waals surface area contributed by atoms with Crippen molar-refractivity contribution in [1.29, 1.82) is 0 Å². The largest absolute Gasteiger partial charge is 0.480 e. The molecule has 0 aromatic heterocycles. The molecule has 5 fully saturated rings. The lowest BCUT2D eigenvalue weighted by Gasteiger charge is -2.34. The van der Waals surface area contributed by atoms with Crippen LogP contribution in [0.25, 0.3) is 0 Å². The van der Waals surface area contributed by atoms with Crippen molar-refractivity contribution in [1.82, 2.24) is 51.1 Å². The number of primary amides is 1. The highest BCUT2D eigenvalue weighted by Crippen LogP contribution is 2.36. The van der Waals surface area contributed by atoms with Crippen LogP contribution in [0.2, 0.25) is 0 Å². The zero-order valence-electron chi connectivity index (χ0n) is 44.9. The second kappa shape index (κ2) is 28.7. The summed E-state index contributed by atoms with van der Waals surface area (Å²) in [6, 6.07) is -13.1. The van der Waals surface area contributed by atoms with Gasteiger partial charge >= 0.3 is 13.8 Å². The lowest BCUT2D eigenvalue weighted by Crippen LogP contribution is -2.60. The molecule has 0 radical (unpaired) electrons. The summed E-state index contributed by atoms with van der Waals surface area (Å²) in [4.78, 5) is 186. The Morgan fingerprint density at radius 2 is 0.987 bits per heavy atom. The number of nitrogens with zero attached hydrogens (tertiary/aromatic N) is 5. The van der Waals surface area contributed by atoms with Crippen molar-refractivity contribution in [3.63, 3.8) is 0 Å². The van der Waals surface area contributed by atoms with Crippen LogP contribution in [-0.2, 0) is 66.6 Å². The Hall–Kier alpha value is -6.33. The van der Waals surface area contributed by atoms with Crippen molar-refractivity contribution in [2.45, 2.75) is 184 Å². The van der Waals surface area contributed by atoms with E-state index in [0.717, 1.165) is 4.90 Å². The van der Waals surface area contributed by atoms with E-state index in [1.807, 2.05) is 0 Å². The number of carboxylic acid groups (broad SMARTS) is 1. The van der Waals surface area contributed by atoms with Crippen LogP contribution in [0.4, 0.5) is 0 Å². The van der Waals surface area contributed by atoms with E-state index in [1.165, 1.54) is 40.4 Å². The van der Waals surface area contributed by atoms with Crippen LogP contribution in [0, 0.1) is 0 Å². The SMILES string of the molecule is C[C@H](NC(=O)[C@@H](N)CCCCN)C(=O)N[C@@H](C)C(=O)N1CCC[C@H]1C(=O)N1CCC[C@H]1C(=O)N[C@@H](C)C(=O)N1CCC[C@H]1C(=O)N1CCC[C@H]1C(=O)N[C@@H](CCC(N)=O)C(=O)N[C@@H](COP(=O)(O)O)C(=O)N1CCC[C@H]1C(=O)O. The fourth-order valence-electron chi connectivity index (χ4n) is 10.8. The second-order valence-corrected chi connectivity index (χ2v) is 22.0. The summed E-state index contributed by atoms with van der Waals surface area (Å²) in [6.45, 7) is 4.27. The third-order valence-corrected chi connectivity index (χ3v) is 15.5. The van der Waals surface area contributed by atoms with Crippen molar-refractivity contribution in [2.75, 3.05) is 45.9 Å². The molecule has 0 bridgehead atoms. The molecular weight excluding hydrogens is 1060 g/mol. The smallest absolute Gasteiger partial charge is 0.469 e. The zero-order chi connectivity index (χ0) is 58.5. The van der Waals surface area contributed by atoms with Gasteiger partial charge in [-0.25, -0.2) is 9.36 Å². The van der Waals surface area contributed by atoms with Crippen LogP contribution < -0.4 is 43.8 Å². The van der Waals surface area contributed by atoms with Gasteiger partial charge in [0, 0.05) is 39.1 Å². The van der Waals surface area contributed by atoms with Gasteiger partial charge in [0.05, 0.1) is 12.6 Å². The number of unbranched alkanes of at least 4 members (excludes halogenated alkanes) is 1. The minimum absolute atomic E-state index is 0.0540. The van der Waals surface area contributed by atoms with Crippen LogP contribution >= 0.6 is 7.82 Å². The Labute approximate surface area is 456 Å². The number of likely N-dealkylation sites (tertiary alicyclic amines) is 5. The molecule has 79 heavy (non-hydrogen) atoms. The van der Waals surface area contributed by atoms with Crippen LogP contribution in [0.1, 0.15) is 117 Å². The average Bonchev–Trinajstić information content (AvgIpc) is 4.30. The van der Waals surface area contributed by atoms with Gasteiger partial charge in [0.15, 0.2) is 0 Å². The monoisotopic (exact) mass is 1140 g/mol. The zero-order valence-corrected chi connectivity index (χ0v) is 45.8. The third kappa shape index (κ3) is 16.9. The number of amides is 11. The maximum atomic E-state index is 14.3. The van der Waals surface area contributed by atoms with Crippen LogP contribution in [0.5, 0.6) is 0 Å². The lowest BCUT2D eigenvalue weighted by atomic mass is 10.1. The molecule has 0 aromatic carbocycles.